The smallest absolute Gasteiger partial charge is 0.184 e. The summed E-state index contributed by atoms with van der Waals surface area (Å²) in [6.07, 6.45) is 2.35. The molecule has 1 N–H and O–H groups in total. The lowest BCUT2D eigenvalue weighted by molar-refractivity contribution is -0.122. The van der Waals surface area contributed by atoms with Crippen LogP contribution in [0.4, 0.5) is 0 Å². The number of phenolic OH excluding ortho intramolecular Hbond substituents is 1. The summed E-state index contributed by atoms with van der Waals surface area (Å²) < 4.78 is 5.03. The quantitative estimate of drug-likeness (QED) is 0.709. The van der Waals surface area contributed by atoms with Gasteiger partial charge in [0, 0.05) is 11.1 Å². The Hall–Kier alpha value is -1.61. The zero-order valence-corrected chi connectivity index (χ0v) is 8.27. The van der Waals surface area contributed by atoms with E-state index in [0.717, 1.165) is 5.57 Å². The van der Waals surface area contributed by atoms with Crippen LogP contribution in [-0.2, 0) is 9.53 Å². The van der Waals surface area contributed by atoms with Gasteiger partial charge in [-0.15, -0.1) is 0 Å². The molecule has 1 aliphatic heterocycles. The molecule has 2 rings (SSSR count). The van der Waals surface area contributed by atoms with Gasteiger partial charge >= 0.3 is 0 Å². The van der Waals surface area contributed by atoms with E-state index in [9.17, 15) is 9.90 Å². The number of rotatable bonds is 1. The second kappa shape index (κ2) is 4.28. The molecule has 0 amide bonds. The van der Waals surface area contributed by atoms with Crippen LogP contribution >= 0.6 is 0 Å². The fraction of sp³-hybridized carbons (Fsp3) is 0.250. The van der Waals surface area contributed by atoms with Gasteiger partial charge in [-0.25, -0.2) is 0 Å². The first-order chi connectivity index (χ1) is 7.27. The number of hydrogen-bond donors (Lipinski definition) is 1. The third-order valence-electron chi connectivity index (χ3n) is 2.37. The van der Waals surface area contributed by atoms with Crippen molar-refractivity contribution in [2.75, 3.05) is 13.2 Å². The van der Waals surface area contributed by atoms with Crippen molar-refractivity contribution in [1.29, 1.82) is 0 Å². The van der Waals surface area contributed by atoms with Gasteiger partial charge in [-0.2, -0.15) is 0 Å². The van der Waals surface area contributed by atoms with Crippen molar-refractivity contribution in [3.63, 3.8) is 0 Å². The molecular formula is C12H12O3. The van der Waals surface area contributed by atoms with E-state index >= 15 is 0 Å². The Balaban J connectivity index is 2.29. The molecule has 1 heterocycles. The molecule has 0 radical (unpaired) electrons. The van der Waals surface area contributed by atoms with Gasteiger partial charge in [0.1, 0.15) is 12.4 Å². The van der Waals surface area contributed by atoms with Crippen LogP contribution in [0.5, 0.6) is 5.75 Å². The van der Waals surface area contributed by atoms with Crippen LogP contribution in [0, 0.1) is 0 Å². The Morgan fingerprint density at radius 1 is 1.33 bits per heavy atom. The molecule has 0 saturated carbocycles. The number of aromatic hydroxyl groups is 1. The molecule has 1 fully saturated rings. The van der Waals surface area contributed by atoms with E-state index < -0.39 is 0 Å². The average molecular weight is 204 g/mol. The minimum atomic E-state index is 0.00417. The first-order valence-corrected chi connectivity index (χ1v) is 4.87. The number of hydrogen-bond acceptors (Lipinski definition) is 3. The van der Waals surface area contributed by atoms with E-state index in [0.29, 0.717) is 18.6 Å². The normalized spacial score (nSPS) is 19.5. The average Bonchev–Trinajstić information content (AvgIpc) is 2.24. The molecule has 0 aromatic heterocycles. The van der Waals surface area contributed by atoms with E-state index in [1.54, 1.807) is 24.3 Å². The summed E-state index contributed by atoms with van der Waals surface area (Å²) >= 11 is 0. The molecule has 1 aromatic carbocycles. The number of ether oxygens (including phenoxy) is 1. The lowest BCUT2D eigenvalue weighted by atomic mass is 10.0. The fourth-order valence-corrected chi connectivity index (χ4v) is 1.53. The lowest BCUT2D eigenvalue weighted by Crippen LogP contribution is -2.19. The Labute approximate surface area is 88.0 Å². The van der Waals surface area contributed by atoms with E-state index in [-0.39, 0.29) is 18.1 Å². The van der Waals surface area contributed by atoms with Crippen molar-refractivity contribution >= 4 is 11.9 Å². The van der Waals surface area contributed by atoms with Gasteiger partial charge in [-0.3, -0.25) is 4.79 Å². The third-order valence-corrected chi connectivity index (χ3v) is 2.37. The van der Waals surface area contributed by atoms with E-state index in [1.165, 1.54) is 0 Å². The van der Waals surface area contributed by atoms with Gasteiger partial charge in [0.05, 0.1) is 6.61 Å². The highest BCUT2D eigenvalue weighted by Gasteiger charge is 2.15. The molecule has 0 bridgehead atoms. The minimum absolute atomic E-state index is 0.00417. The summed E-state index contributed by atoms with van der Waals surface area (Å²) in [4.78, 5) is 11.4. The van der Waals surface area contributed by atoms with E-state index in [4.69, 9.17) is 4.74 Å². The molecule has 0 unspecified atom stereocenters. The Morgan fingerprint density at radius 2 is 2.13 bits per heavy atom. The van der Waals surface area contributed by atoms with Crippen LogP contribution in [0.2, 0.25) is 0 Å². The number of carbonyl (C=O) groups is 1. The van der Waals surface area contributed by atoms with Crippen molar-refractivity contribution in [3.05, 3.63) is 35.4 Å². The molecule has 3 heteroatoms. The zero-order valence-electron chi connectivity index (χ0n) is 8.27. The third kappa shape index (κ3) is 2.25. The molecule has 0 atom stereocenters. The van der Waals surface area contributed by atoms with Gasteiger partial charge in [-0.1, -0.05) is 18.2 Å². The number of para-hydroxylation sites is 1. The van der Waals surface area contributed by atoms with E-state index in [2.05, 4.69) is 0 Å². The maximum Gasteiger partial charge on any atom is 0.184 e. The second-order valence-corrected chi connectivity index (χ2v) is 3.45. The minimum Gasteiger partial charge on any atom is -0.507 e. The van der Waals surface area contributed by atoms with Crippen molar-refractivity contribution in [1.82, 2.24) is 0 Å². The van der Waals surface area contributed by atoms with E-state index in [1.807, 2.05) is 6.07 Å². The van der Waals surface area contributed by atoms with Crippen molar-refractivity contribution in [3.8, 4) is 5.75 Å². The zero-order chi connectivity index (χ0) is 10.7. The first-order valence-electron chi connectivity index (χ1n) is 4.87. The van der Waals surface area contributed by atoms with Crippen LogP contribution in [0.3, 0.4) is 0 Å². The first kappa shape index (κ1) is 9.93. The SMILES string of the molecule is O=C1COCC/C1=C\c1ccccc1O. The Bertz CT molecular complexity index is 407. The molecule has 1 saturated heterocycles. The molecule has 1 aromatic rings. The van der Waals surface area contributed by atoms with Gasteiger partial charge in [0.15, 0.2) is 5.78 Å². The topological polar surface area (TPSA) is 46.5 Å². The van der Waals surface area contributed by atoms with Crippen LogP contribution < -0.4 is 0 Å². The summed E-state index contributed by atoms with van der Waals surface area (Å²) in [6, 6.07) is 6.97. The fourth-order valence-electron chi connectivity index (χ4n) is 1.53. The number of ketones is 1. The van der Waals surface area contributed by atoms with Gasteiger partial charge in [0.2, 0.25) is 0 Å². The van der Waals surface area contributed by atoms with Crippen LogP contribution in [0.1, 0.15) is 12.0 Å². The summed E-state index contributed by atoms with van der Waals surface area (Å²) in [7, 11) is 0. The number of phenols is 1. The summed E-state index contributed by atoms with van der Waals surface area (Å²) in [6.45, 7) is 0.727. The number of carbonyl (C=O) groups excluding carboxylic acids is 1. The van der Waals surface area contributed by atoms with Crippen LogP contribution in [0.15, 0.2) is 29.8 Å². The molecule has 15 heavy (non-hydrogen) atoms. The summed E-state index contributed by atoms with van der Waals surface area (Å²) in [5.41, 5.74) is 1.41. The maximum absolute atomic E-state index is 11.4. The highest BCUT2D eigenvalue weighted by molar-refractivity contribution is 6.01. The summed E-state index contributed by atoms with van der Waals surface area (Å²) in [5, 5.41) is 9.54. The predicted molar refractivity (Wildman–Crippen MR) is 56.5 cm³/mol. The van der Waals surface area contributed by atoms with Crippen molar-refractivity contribution in [2.45, 2.75) is 6.42 Å². The maximum atomic E-state index is 11.4. The highest BCUT2D eigenvalue weighted by Crippen LogP contribution is 2.21. The predicted octanol–water partition coefficient (Wildman–Crippen LogP) is 1.77. The highest BCUT2D eigenvalue weighted by atomic mass is 16.5. The van der Waals surface area contributed by atoms with Crippen molar-refractivity contribution < 1.29 is 14.6 Å². The van der Waals surface area contributed by atoms with Gasteiger partial charge in [-0.05, 0) is 18.6 Å². The Kier molecular flexibility index (Phi) is 2.83. The molecule has 0 spiro atoms. The Morgan fingerprint density at radius 3 is 2.87 bits per heavy atom. The largest absolute Gasteiger partial charge is 0.507 e. The second-order valence-electron chi connectivity index (χ2n) is 3.45. The van der Waals surface area contributed by atoms with Gasteiger partial charge in [0.25, 0.3) is 0 Å². The molecule has 3 nitrogen and oxygen atoms in total. The molecule has 0 aliphatic carbocycles. The number of benzene rings is 1. The van der Waals surface area contributed by atoms with Crippen molar-refractivity contribution in [2.24, 2.45) is 0 Å². The summed E-state index contributed by atoms with van der Waals surface area (Å²) in [5.74, 6) is 0.203. The standard InChI is InChI=1S/C12H12O3/c13-11-4-2-1-3-9(11)7-10-5-6-15-8-12(10)14/h1-4,7,13H,5-6,8H2/b10-7+. The van der Waals surface area contributed by atoms with Gasteiger partial charge < -0.3 is 9.84 Å². The molecule has 78 valence electrons. The van der Waals surface area contributed by atoms with Crippen LogP contribution in [0.25, 0.3) is 6.08 Å². The lowest BCUT2D eigenvalue weighted by Gasteiger charge is -2.13. The number of Topliss-reactive ketones (excluding diaryl/α,β-unsaturated/α-hetero) is 1. The molecule has 1 aliphatic rings. The van der Waals surface area contributed by atoms with Crippen LogP contribution in [-0.4, -0.2) is 24.1 Å². The monoisotopic (exact) mass is 204 g/mol. The molecular weight excluding hydrogens is 192 g/mol.